The number of tetrazole rings is 1. The van der Waals surface area contributed by atoms with E-state index in [-0.39, 0.29) is 11.6 Å². The average molecular weight is 449 g/mol. The molecule has 0 saturated carbocycles. The van der Waals surface area contributed by atoms with Gasteiger partial charge in [0.15, 0.2) is 5.82 Å². The van der Waals surface area contributed by atoms with E-state index in [2.05, 4.69) is 101 Å². The summed E-state index contributed by atoms with van der Waals surface area (Å²) in [4.78, 5) is 5.05. The SMILES string of the molecule is CCOc1ccc([C@@H](c2nnnn2C(C)(C)CC)N2CCN(Cc3ccccc3)CC2)cc1. The van der Waals surface area contributed by atoms with Crippen molar-refractivity contribution in [1.29, 1.82) is 0 Å². The number of hydrogen-bond acceptors (Lipinski definition) is 6. The van der Waals surface area contributed by atoms with Crippen LogP contribution < -0.4 is 4.74 Å². The van der Waals surface area contributed by atoms with Gasteiger partial charge in [-0.1, -0.05) is 49.4 Å². The van der Waals surface area contributed by atoms with Gasteiger partial charge < -0.3 is 4.74 Å². The van der Waals surface area contributed by atoms with Gasteiger partial charge in [-0.25, -0.2) is 4.68 Å². The molecular weight excluding hydrogens is 412 g/mol. The standard InChI is InChI=1S/C26H36N6O/c1-5-26(3,4)32-25(27-28-29-32)24(22-12-14-23(15-13-22)33-6-2)31-18-16-30(17-19-31)20-21-10-8-7-9-11-21/h7-15,24H,5-6,16-20H2,1-4H3/t24-/m0/s1. The lowest BCUT2D eigenvalue weighted by atomic mass is 9.99. The van der Waals surface area contributed by atoms with Crippen LogP contribution in [0.15, 0.2) is 54.6 Å². The minimum Gasteiger partial charge on any atom is -0.494 e. The zero-order valence-electron chi connectivity index (χ0n) is 20.3. The highest BCUT2D eigenvalue weighted by molar-refractivity contribution is 5.32. The quantitative estimate of drug-likeness (QED) is 0.491. The molecule has 33 heavy (non-hydrogen) atoms. The second-order valence-corrected chi connectivity index (χ2v) is 9.32. The molecule has 0 bridgehead atoms. The highest BCUT2D eigenvalue weighted by Crippen LogP contribution is 2.32. The predicted molar refractivity (Wildman–Crippen MR) is 130 cm³/mol. The maximum Gasteiger partial charge on any atom is 0.173 e. The zero-order chi connectivity index (χ0) is 23.3. The molecule has 0 spiro atoms. The minimum absolute atomic E-state index is 0.000349. The fraction of sp³-hybridized carbons (Fsp3) is 0.500. The van der Waals surface area contributed by atoms with Gasteiger partial charge >= 0.3 is 0 Å². The van der Waals surface area contributed by atoms with Crippen molar-refractivity contribution in [2.45, 2.75) is 52.2 Å². The van der Waals surface area contributed by atoms with E-state index in [1.807, 2.05) is 11.6 Å². The van der Waals surface area contributed by atoms with Crippen LogP contribution in [0.25, 0.3) is 0 Å². The number of aromatic nitrogens is 4. The van der Waals surface area contributed by atoms with Crippen molar-refractivity contribution in [2.75, 3.05) is 32.8 Å². The van der Waals surface area contributed by atoms with Crippen molar-refractivity contribution in [3.8, 4) is 5.75 Å². The highest BCUT2D eigenvalue weighted by Gasteiger charge is 2.34. The summed E-state index contributed by atoms with van der Waals surface area (Å²) in [5.41, 5.74) is 2.40. The first-order valence-corrected chi connectivity index (χ1v) is 12.0. The minimum atomic E-state index is -0.155. The van der Waals surface area contributed by atoms with Crippen molar-refractivity contribution in [3.05, 3.63) is 71.5 Å². The third-order valence-electron chi connectivity index (χ3n) is 6.70. The topological polar surface area (TPSA) is 59.3 Å². The van der Waals surface area contributed by atoms with Crippen molar-refractivity contribution in [3.63, 3.8) is 0 Å². The van der Waals surface area contributed by atoms with Crippen LogP contribution in [0, 0.1) is 0 Å². The van der Waals surface area contributed by atoms with E-state index in [9.17, 15) is 0 Å². The van der Waals surface area contributed by atoms with E-state index < -0.39 is 0 Å². The monoisotopic (exact) mass is 448 g/mol. The first-order chi connectivity index (χ1) is 16.0. The van der Waals surface area contributed by atoms with Gasteiger partial charge in [-0.15, -0.1) is 5.10 Å². The lowest BCUT2D eigenvalue weighted by Gasteiger charge is -2.39. The fourth-order valence-electron chi connectivity index (χ4n) is 4.40. The van der Waals surface area contributed by atoms with Gasteiger partial charge in [-0.3, -0.25) is 9.80 Å². The normalized spacial score (nSPS) is 16.6. The molecule has 1 aliphatic heterocycles. The van der Waals surface area contributed by atoms with Crippen LogP contribution in [0.2, 0.25) is 0 Å². The van der Waals surface area contributed by atoms with Crippen LogP contribution in [0.4, 0.5) is 0 Å². The average Bonchev–Trinajstić information content (AvgIpc) is 3.33. The van der Waals surface area contributed by atoms with Crippen LogP contribution >= 0.6 is 0 Å². The van der Waals surface area contributed by atoms with Crippen LogP contribution in [0.1, 0.15) is 57.1 Å². The fourth-order valence-corrected chi connectivity index (χ4v) is 4.40. The number of rotatable bonds is 9. The molecule has 1 aliphatic rings. The molecule has 3 aromatic rings. The number of benzene rings is 2. The molecule has 0 N–H and O–H groups in total. The Morgan fingerprint density at radius 1 is 0.939 bits per heavy atom. The summed E-state index contributed by atoms with van der Waals surface area (Å²) in [6, 6.07) is 19.1. The Morgan fingerprint density at radius 2 is 1.64 bits per heavy atom. The van der Waals surface area contributed by atoms with E-state index in [1.165, 1.54) is 11.1 Å². The molecule has 2 heterocycles. The van der Waals surface area contributed by atoms with Crippen molar-refractivity contribution in [2.24, 2.45) is 0 Å². The molecule has 0 unspecified atom stereocenters. The Kier molecular flexibility index (Phi) is 7.40. The first kappa shape index (κ1) is 23.4. The van der Waals surface area contributed by atoms with E-state index in [0.717, 1.165) is 50.7 Å². The van der Waals surface area contributed by atoms with Crippen molar-refractivity contribution in [1.82, 2.24) is 30.0 Å². The molecule has 0 aliphatic carbocycles. The Hall–Kier alpha value is -2.77. The molecule has 1 aromatic heterocycles. The van der Waals surface area contributed by atoms with Crippen LogP contribution in [0.3, 0.4) is 0 Å². The molecule has 1 fully saturated rings. The molecule has 0 radical (unpaired) electrons. The Morgan fingerprint density at radius 3 is 2.27 bits per heavy atom. The van der Waals surface area contributed by atoms with Gasteiger partial charge in [0.25, 0.3) is 0 Å². The maximum atomic E-state index is 5.68. The second-order valence-electron chi connectivity index (χ2n) is 9.32. The smallest absolute Gasteiger partial charge is 0.173 e. The Bertz CT molecular complexity index is 993. The van der Waals surface area contributed by atoms with E-state index in [1.54, 1.807) is 0 Å². The van der Waals surface area contributed by atoms with Crippen LogP contribution in [-0.4, -0.2) is 62.8 Å². The molecule has 2 aromatic carbocycles. The summed E-state index contributed by atoms with van der Waals surface area (Å²) in [6.07, 6.45) is 0.950. The van der Waals surface area contributed by atoms with Gasteiger partial charge in [-0.05, 0) is 60.9 Å². The van der Waals surface area contributed by atoms with Gasteiger partial charge in [-0.2, -0.15) is 0 Å². The van der Waals surface area contributed by atoms with E-state index in [0.29, 0.717) is 6.61 Å². The van der Waals surface area contributed by atoms with Gasteiger partial charge in [0, 0.05) is 32.7 Å². The number of nitrogens with zero attached hydrogens (tertiary/aromatic N) is 6. The summed E-state index contributed by atoms with van der Waals surface area (Å²) in [7, 11) is 0. The van der Waals surface area contributed by atoms with E-state index in [4.69, 9.17) is 4.74 Å². The van der Waals surface area contributed by atoms with Gasteiger partial charge in [0.1, 0.15) is 5.75 Å². The highest BCUT2D eigenvalue weighted by atomic mass is 16.5. The molecule has 7 nitrogen and oxygen atoms in total. The third kappa shape index (κ3) is 5.42. The van der Waals surface area contributed by atoms with Crippen molar-refractivity contribution < 1.29 is 4.74 Å². The lowest BCUT2D eigenvalue weighted by Crippen LogP contribution is -2.48. The van der Waals surface area contributed by atoms with Crippen LogP contribution in [-0.2, 0) is 12.1 Å². The van der Waals surface area contributed by atoms with Crippen molar-refractivity contribution >= 4 is 0 Å². The van der Waals surface area contributed by atoms with Gasteiger partial charge in [0.2, 0.25) is 0 Å². The molecule has 0 amide bonds. The Balaban J connectivity index is 1.58. The van der Waals surface area contributed by atoms with Gasteiger partial charge in [0.05, 0.1) is 18.2 Å². The largest absolute Gasteiger partial charge is 0.494 e. The summed E-state index contributed by atoms with van der Waals surface area (Å²) >= 11 is 0. The number of ether oxygens (including phenoxy) is 1. The predicted octanol–water partition coefficient (Wildman–Crippen LogP) is 4.12. The third-order valence-corrected chi connectivity index (χ3v) is 6.70. The lowest BCUT2D eigenvalue weighted by molar-refractivity contribution is 0.0972. The molecule has 7 heteroatoms. The summed E-state index contributed by atoms with van der Waals surface area (Å²) in [6.45, 7) is 14.2. The summed E-state index contributed by atoms with van der Waals surface area (Å²) < 4.78 is 7.70. The molecule has 1 atom stereocenters. The zero-order valence-corrected chi connectivity index (χ0v) is 20.3. The number of hydrogen-bond donors (Lipinski definition) is 0. The Labute approximate surface area is 197 Å². The second kappa shape index (κ2) is 10.4. The van der Waals surface area contributed by atoms with E-state index >= 15 is 0 Å². The molecule has 176 valence electrons. The summed E-state index contributed by atoms with van der Waals surface area (Å²) in [5.74, 6) is 1.80. The molecule has 1 saturated heterocycles. The first-order valence-electron chi connectivity index (χ1n) is 12.0. The molecule has 4 rings (SSSR count). The summed E-state index contributed by atoms with van der Waals surface area (Å²) in [5, 5.41) is 13.1. The molecular formula is C26H36N6O. The van der Waals surface area contributed by atoms with Crippen LogP contribution in [0.5, 0.6) is 5.75 Å². The number of piperazine rings is 1. The maximum absolute atomic E-state index is 5.68.